The van der Waals surface area contributed by atoms with Crippen LogP contribution in [0.5, 0.6) is 0 Å². The Hall–Kier alpha value is -0.160. The van der Waals surface area contributed by atoms with E-state index in [4.69, 9.17) is 9.47 Å². The van der Waals surface area contributed by atoms with Crippen molar-refractivity contribution in [1.29, 1.82) is 0 Å². The van der Waals surface area contributed by atoms with Crippen LogP contribution in [-0.2, 0) is 9.47 Å². The van der Waals surface area contributed by atoms with Crippen molar-refractivity contribution in [2.24, 2.45) is 0 Å². The highest BCUT2D eigenvalue weighted by molar-refractivity contribution is 4.87. The zero-order valence-electron chi connectivity index (χ0n) is 9.79. The lowest BCUT2D eigenvalue weighted by Gasteiger charge is -2.32. The van der Waals surface area contributed by atoms with Crippen molar-refractivity contribution in [3.8, 4) is 0 Å². The molecule has 4 nitrogen and oxygen atoms in total. The van der Waals surface area contributed by atoms with Gasteiger partial charge in [-0.05, 0) is 19.3 Å². The molecule has 0 bridgehead atoms. The molecule has 2 unspecified atom stereocenters. The molecule has 15 heavy (non-hydrogen) atoms. The first-order valence-electron chi connectivity index (χ1n) is 5.73. The van der Waals surface area contributed by atoms with Gasteiger partial charge in [0, 0.05) is 20.3 Å². The molecule has 0 amide bonds. The largest absolute Gasteiger partial charge is 0.394 e. The van der Waals surface area contributed by atoms with Gasteiger partial charge in [-0.25, -0.2) is 0 Å². The molecule has 1 fully saturated rings. The maximum atomic E-state index is 9.40. The third kappa shape index (κ3) is 3.72. The first-order chi connectivity index (χ1) is 7.26. The molecule has 90 valence electrons. The van der Waals surface area contributed by atoms with E-state index < -0.39 is 0 Å². The summed E-state index contributed by atoms with van der Waals surface area (Å²) in [5, 5.41) is 12.8. The van der Waals surface area contributed by atoms with Gasteiger partial charge >= 0.3 is 0 Å². The van der Waals surface area contributed by atoms with Gasteiger partial charge in [0.1, 0.15) is 0 Å². The maximum Gasteiger partial charge on any atom is 0.0700 e. The number of hydrogen-bond donors (Lipinski definition) is 2. The molecule has 1 saturated heterocycles. The number of nitrogens with one attached hydrogen (secondary N) is 1. The van der Waals surface area contributed by atoms with Crippen molar-refractivity contribution in [1.82, 2.24) is 5.32 Å². The summed E-state index contributed by atoms with van der Waals surface area (Å²) in [6.45, 7) is 4.36. The Morgan fingerprint density at radius 1 is 1.60 bits per heavy atom. The molecule has 1 aliphatic heterocycles. The number of aliphatic hydroxyl groups excluding tert-OH is 1. The van der Waals surface area contributed by atoms with E-state index in [-0.39, 0.29) is 12.1 Å². The van der Waals surface area contributed by atoms with Crippen LogP contribution in [0.25, 0.3) is 0 Å². The first kappa shape index (κ1) is 12.9. The second kappa shape index (κ2) is 6.43. The Balaban J connectivity index is 2.35. The van der Waals surface area contributed by atoms with E-state index >= 15 is 0 Å². The number of aliphatic hydroxyl groups is 1. The van der Waals surface area contributed by atoms with Gasteiger partial charge in [-0.15, -0.1) is 0 Å². The van der Waals surface area contributed by atoms with Crippen molar-refractivity contribution < 1.29 is 14.6 Å². The van der Waals surface area contributed by atoms with Gasteiger partial charge in [0.05, 0.1) is 24.9 Å². The van der Waals surface area contributed by atoms with E-state index in [0.29, 0.717) is 12.7 Å². The van der Waals surface area contributed by atoms with Gasteiger partial charge in [0.25, 0.3) is 0 Å². The summed E-state index contributed by atoms with van der Waals surface area (Å²) >= 11 is 0. The zero-order valence-corrected chi connectivity index (χ0v) is 9.79. The molecule has 0 aromatic rings. The Kier molecular flexibility index (Phi) is 5.53. The zero-order chi connectivity index (χ0) is 11.1. The molecular formula is C11H23NO3. The molecule has 1 heterocycles. The van der Waals surface area contributed by atoms with Crippen molar-refractivity contribution in [2.75, 3.05) is 33.5 Å². The van der Waals surface area contributed by atoms with Gasteiger partial charge in [-0.2, -0.15) is 0 Å². The third-order valence-corrected chi connectivity index (χ3v) is 3.13. The molecule has 0 radical (unpaired) electrons. The summed E-state index contributed by atoms with van der Waals surface area (Å²) in [5.41, 5.74) is -0.305. The molecule has 0 aromatic heterocycles. The number of ether oxygens (including phenoxy) is 2. The van der Waals surface area contributed by atoms with Gasteiger partial charge in [-0.3, -0.25) is 0 Å². The lowest BCUT2D eigenvalue weighted by atomic mass is 9.98. The van der Waals surface area contributed by atoms with Crippen LogP contribution in [0.15, 0.2) is 0 Å². The standard InChI is InChI=1S/C11H23NO3/c1-3-11(8-13,9-14-2)12-7-10-5-4-6-15-10/h10,12-13H,3-9H2,1-2H3. The minimum atomic E-state index is -0.305. The Labute approximate surface area is 92.0 Å². The third-order valence-electron chi connectivity index (χ3n) is 3.13. The summed E-state index contributed by atoms with van der Waals surface area (Å²) in [5.74, 6) is 0. The van der Waals surface area contributed by atoms with Crippen LogP contribution in [-0.4, -0.2) is 50.2 Å². The lowest BCUT2D eigenvalue weighted by molar-refractivity contribution is 0.0420. The Bertz CT molecular complexity index is 165. The maximum absolute atomic E-state index is 9.40. The molecule has 0 saturated carbocycles. The van der Waals surface area contributed by atoms with Crippen LogP contribution in [0.4, 0.5) is 0 Å². The first-order valence-corrected chi connectivity index (χ1v) is 5.73. The molecule has 0 aliphatic carbocycles. The fourth-order valence-electron chi connectivity index (χ4n) is 1.90. The summed E-state index contributed by atoms with van der Waals surface area (Å²) in [7, 11) is 1.66. The molecule has 1 aliphatic rings. The lowest BCUT2D eigenvalue weighted by Crippen LogP contribution is -2.53. The molecule has 0 spiro atoms. The smallest absolute Gasteiger partial charge is 0.0700 e. The Morgan fingerprint density at radius 3 is 2.87 bits per heavy atom. The molecule has 2 atom stereocenters. The minimum Gasteiger partial charge on any atom is -0.394 e. The van der Waals surface area contributed by atoms with Gasteiger partial charge < -0.3 is 19.9 Å². The van der Waals surface area contributed by atoms with Crippen molar-refractivity contribution in [2.45, 2.75) is 37.8 Å². The summed E-state index contributed by atoms with van der Waals surface area (Å²) in [6, 6.07) is 0. The van der Waals surface area contributed by atoms with Gasteiger partial charge in [-0.1, -0.05) is 6.92 Å². The highest BCUT2D eigenvalue weighted by Crippen LogP contribution is 2.14. The van der Waals surface area contributed by atoms with E-state index in [0.717, 1.165) is 32.4 Å². The van der Waals surface area contributed by atoms with Crippen LogP contribution in [0, 0.1) is 0 Å². The molecular weight excluding hydrogens is 194 g/mol. The van der Waals surface area contributed by atoms with Gasteiger partial charge in [0.15, 0.2) is 0 Å². The fourth-order valence-corrected chi connectivity index (χ4v) is 1.90. The Morgan fingerprint density at radius 2 is 2.40 bits per heavy atom. The molecule has 2 N–H and O–H groups in total. The van der Waals surface area contributed by atoms with Crippen molar-refractivity contribution in [3.05, 3.63) is 0 Å². The minimum absolute atomic E-state index is 0.101. The summed E-state index contributed by atoms with van der Waals surface area (Å²) in [4.78, 5) is 0. The highest BCUT2D eigenvalue weighted by Gasteiger charge is 2.28. The van der Waals surface area contributed by atoms with E-state index in [9.17, 15) is 5.11 Å². The topological polar surface area (TPSA) is 50.7 Å². The normalized spacial score (nSPS) is 25.4. The fraction of sp³-hybridized carbons (Fsp3) is 1.00. The number of methoxy groups -OCH3 is 1. The van der Waals surface area contributed by atoms with E-state index in [1.807, 2.05) is 0 Å². The quantitative estimate of drug-likeness (QED) is 0.653. The summed E-state index contributed by atoms with van der Waals surface area (Å²) in [6.07, 6.45) is 3.42. The monoisotopic (exact) mass is 217 g/mol. The average molecular weight is 217 g/mol. The van der Waals surface area contributed by atoms with Crippen molar-refractivity contribution >= 4 is 0 Å². The predicted octanol–water partition coefficient (Wildman–Crippen LogP) is 0.542. The second-order valence-corrected chi connectivity index (χ2v) is 4.24. The summed E-state index contributed by atoms with van der Waals surface area (Å²) < 4.78 is 10.7. The van der Waals surface area contributed by atoms with Crippen LogP contribution in [0.2, 0.25) is 0 Å². The predicted molar refractivity (Wildman–Crippen MR) is 59.0 cm³/mol. The highest BCUT2D eigenvalue weighted by atomic mass is 16.5. The SMILES string of the molecule is CCC(CO)(COC)NCC1CCCO1. The van der Waals surface area contributed by atoms with Crippen LogP contribution in [0.3, 0.4) is 0 Å². The average Bonchev–Trinajstić information content (AvgIpc) is 2.77. The molecule has 0 aromatic carbocycles. The number of rotatable bonds is 7. The van der Waals surface area contributed by atoms with Crippen LogP contribution >= 0.6 is 0 Å². The van der Waals surface area contributed by atoms with Crippen molar-refractivity contribution in [3.63, 3.8) is 0 Å². The second-order valence-electron chi connectivity index (χ2n) is 4.24. The van der Waals surface area contributed by atoms with E-state index in [2.05, 4.69) is 12.2 Å². The van der Waals surface area contributed by atoms with Gasteiger partial charge in [0.2, 0.25) is 0 Å². The molecule has 1 rings (SSSR count). The van der Waals surface area contributed by atoms with Crippen LogP contribution < -0.4 is 5.32 Å². The molecule has 4 heteroatoms. The van der Waals surface area contributed by atoms with E-state index in [1.165, 1.54) is 0 Å². The van der Waals surface area contributed by atoms with E-state index in [1.54, 1.807) is 7.11 Å². The number of hydrogen-bond acceptors (Lipinski definition) is 4. The van der Waals surface area contributed by atoms with Crippen LogP contribution in [0.1, 0.15) is 26.2 Å².